The number of carbonyl (C=O) groups excluding carboxylic acids is 1. The molecule has 1 saturated carbocycles. The van der Waals surface area contributed by atoms with Gasteiger partial charge in [-0.25, -0.2) is 0 Å². The minimum absolute atomic E-state index is 0.0141. The number of hydrogen-bond acceptors (Lipinski definition) is 2. The monoisotopic (exact) mass is 302 g/mol. The fraction of sp³-hybridized carbons (Fsp3) is 0.500. The summed E-state index contributed by atoms with van der Waals surface area (Å²) in [5, 5.41) is -0.0439. The highest BCUT2D eigenvalue weighted by Gasteiger charge is 2.51. The minimum Gasteiger partial charge on any atom is -0.299 e. The maximum absolute atomic E-state index is 13.0. The second kappa shape index (κ2) is 5.53. The number of fused-ring (bicyclic) bond motifs is 2. The summed E-state index contributed by atoms with van der Waals surface area (Å²) < 4.78 is 13.0. The molecule has 5 atom stereocenters. The van der Waals surface area contributed by atoms with Gasteiger partial charge < -0.3 is 0 Å². The average molecular weight is 302 g/mol. The van der Waals surface area contributed by atoms with E-state index in [2.05, 4.69) is 12.2 Å². The predicted molar refractivity (Wildman–Crippen MR) is 85.4 cm³/mol. The fourth-order valence-electron chi connectivity index (χ4n) is 3.66. The lowest BCUT2D eigenvalue weighted by molar-refractivity contribution is -0.126. The van der Waals surface area contributed by atoms with E-state index in [0.717, 1.165) is 11.3 Å². The Bertz CT molecular complexity index is 600. The Balaban J connectivity index is 1.92. The number of benzene rings is 1. The summed E-state index contributed by atoms with van der Waals surface area (Å²) in [6.45, 7) is 5.92. The van der Waals surface area contributed by atoms with Crippen molar-refractivity contribution in [3.63, 3.8) is 0 Å². The van der Waals surface area contributed by atoms with Crippen molar-refractivity contribution >= 4 is 16.6 Å². The molecule has 0 heterocycles. The first kappa shape index (κ1) is 14.7. The zero-order valence-electron chi connectivity index (χ0n) is 12.8. The van der Waals surface area contributed by atoms with Crippen LogP contribution in [0.2, 0.25) is 0 Å². The number of hydrogen-bond donors (Lipinski definition) is 0. The zero-order valence-corrected chi connectivity index (χ0v) is 13.6. The summed E-state index contributed by atoms with van der Waals surface area (Å²) in [5.74, 6) is 0.814. The number of rotatable bonds is 4. The van der Waals surface area contributed by atoms with Gasteiger partial charge in [-0.2, -0.15) is 0 Å². The molecule has 2 aliphatic carbocycles. The van der Waals surface area contributed by atoms with Gasteiger partial charge in [-0.1, -0.05) is 43.7 Å². The fourth-order valence-corrected chi connectivity index (χ4v) is 5.50. The van der Waals surface area contributed by atoms with E-state index in [9.17, 15) is 9.00 Å². The smallest absolute Gasteiger partial charge is 0.140 e. The van der Waals surface area contributed by atoms with Crippen LogP contribution in [0.5, 0.6) is 0 Å². The van der Waals surface area contributed by atoms with Gasteiger partial charge in [-0.05, 0) is 37.3 Å². The number of allylic oxidation sites excluding steroid dienone is 2. The van der Waals surface area contributed by atoms with E-state index in [1.54, 1.807) is 0 Å². The number of ketones is 1. The molecule has 1 aromatic carbocycles. The lowest BCUT2D eigenvalue weighted by Crippen LogP contribution is -2.37. The first-order valence-electron chi connectivity index (χ1n) is 7.68. The maximum atomic E-state index is 13.0. The van der Waals surface area contributed by atoms with Crippen LogP contribution >= 0.6 is 0 Å². The molecule has 0 amide bonds. The second-order valence-electron chi connectivity index (χ2n) is 6.61. The van der Waals surface area contributed by atoms with Crippen LogP contribution in [0.1, 0.15) is 25.8 Å². The second-order valence-corrected chi connectivity index (χ2v) is 8.22. The molecule has 112 valence electrons. The van der Waals surface area contributed by atoms with Gasteiger partial charge in [0, 0.05) is 16.7 Å². The number of carbonyl (C=O) groups is 1. The molecule has 0 spiro atoms. The largest absolute Gasteiger partial charge is 0.299 e. The van der Waals surface area contributed by atoms with Crippen LogP contribution in [0.4, 0.5) is 0 Å². The van der Waals surface area contributed by atoms with Crippen LogP contribution in [-0.4, -0.2) is 15.2 Å². The normalized spacial score (nSPS) is 31.8. The molecular formula is C18H22O2S. The summed E-state index contributed by atoms with van der Waals surface area (Å²) in [6.07, 6.45) is 5.33. The third-order valence-electron chi connectivity index (χ3n) is 4.79. The molecule has 3 heteroatoms. The number of aryl methyl sites for hydroxylation is 1. The summed E-state index contributed by atoms with van der Waals surface area (Å²) in [5.41, 5.74) is 1.17. The van der Waals surface area contributed by atoms with Gasteiger partial charge in [0.05, 0.1) is 16.0 Å². The Morgan fingerprint density at radius 2 is 1.76 bits per heavy atom. The molecular weight excluding hydrogens is 280 g/mol. The summed E-state index contributed by atoms with van der Waals surface area (Å²) in [6, 6.07) is 7.88. The van der Waals surface area contributed by atoms with Gasteiger partial charge >= 0.3 is 0 Å². The summed E-state index contributed by atoms with van der Waals surface area (Å²) in [7, 11) is -1.11. The molecule has 1 fully saturated rings. The van der Waals surface area contributed by atoms with Gasteiger partial charge in [0.15, 0.2) is 0 Å². The molecule has 2 nitrogen and oxygen atoms in total. The Labute approximate surface area is 129 Å². The van der Waals surface area contributed by atoms with Crippen LogP contribution in [0.25, 0.3) is 0 Å². The van der Waals surface area contributed by atoms with Crippen LogP contribution < -0.4 is 0 Å². The van der Waals surface area contributed by atoms with Crippen molar-refractivity contribution in [2.45, 2.75) is 37.3 Å². The molecule has 2 aliphatic rings. The van der Waals surface area contributed by atoms with Crippen molar-refractivity contribution in [1.82, 2.24) is 0 Å². The topological polar surface area (TPSA) is 34.1 Å². The lowest BCUT2D eigenvalue weighted by atomic mass is 9.84. The Kier molecular flexibility index (Phi) is 3.87. The minimum atomic E-state index is -1.11. The van der Waals surface area contributed by atoms with E-state index in [1.807, 2.05) is 45.0 Å². The highest BCUT2D eigenvalue weighted by Crippen LogP contribution is 2.48. The highest BCUT2D eigenvalue weighted by molar-refractivity contribution is 7.85. The van der Waals surface area contributed by atoms with E-state index >= 15 is 0 Å². The SMILES string of the molecule is Cc1ccc(S(=O)[C@@H]2[C@@H](C(=O)C(C)C)[C@H]3C=C[C@@H]2C3)cc1. The quantitative estimate of drug-likeness (QED) is 0.798. The zero-order chi connectivity index (χ0) is 15.1. The predicted octanol–water partition coefficient (Wildman–Crippen LogP) is 3.52. The van der Waals surface area contributed by atoms with Gasteiger partial charge in [0.25, 0.3) is 0 Å². The van der Waals surface area contributed by atoms with Crippen molar-refractivity contribution in [1.29, 1.82) is 0 Å². The Morgan fingerprint density at radius 3 is 2.38 bits per heavy atom. The molecule has 0 aromatic heterocycles. The molecule has 0 saturated heterocycles. The first-order chi connectivity index (χ1) is 9.99. The van der Waals surface area contributed by atoms with Crippen molar-refractivity contribution in [2.24, 2.45) is 23.7 Å². The summed E-state index contributed by atoms with van der Waals surface area (Å²) in [4.78, 5) is 13.4. The maximum Gasteiger partial charge on any atom is 0.140 e. The van der Waals surface area contributed by atoms with Crippen LogP contribution in [0.15, 0.2) is 41.3 Å². The highest BCUT2D eigenvalue weighted by atomic mass is 32.2. The third kappa shape index (κ3) is 2.52. The van der Waals surface area contributed by atoms with Gasteiger partial charge in [-0.15, -0.1) is 0 Å². The molecule has 0 aliphatic heterocycles. The van der Waals surface area contributed by atoms with E-state index < -0.39 is 10.8 Å². The van der Waals surface area contributed by atoms with Crippen molar-refractivity contribution in [3.8, 4) is 0 Å². The molecule has 0 N–H and O–H groups in total. The van der Waals surface area contributed by atoms with Gasteiger partial charge in [0.1, 0.15) is 5.78 Å². The van der Waals surface area contributed by atoms with Crippen LogP contribution in [0.3, 0.4) is 0 Å². The van der Waals surface area contributed by atoms with E-state index in [1.165, 1.54) is 5.56 Å². The van der Waals surface area contributed by atoms with Crippen molar-refractivity contribution in [3.05, 3.63) is 42.0 Å². The molecule has 1 unspecified atom stereocenters. The third-order valence-corrected chi connectivity index (χ3v) is 6.66. The number of Topliss-reactive ketones (excluding diaryl/α,β-unsaturated/α-hetero) is 1. The van der Waals surface area contributed by atoms with Gasteiger partial charge in [-0.3, -0.25) is 9.00 Å². The van der Waals surface area contributed by atoms with E-state index in [0.29, 0.717) is 11.8 Å². The Morgan fingerprint density at radius 1 is 1.14 bits per heavy atom. The molecule has 0 radical (unpaired) electrons. The standard InChI is InChI=1S/C18H22O2S/c1-11(2)17(19)16-13-6-7-14(10-13)18(16)21(20)15-8-4-12(3)5-9-15/h4-9,11,13-14,16,18H,10H2,1-3H3/t13-,14+,16+,18-,21?/m0/s1. The Hall–Kier alpha value is -1.22. The molecule has 21 heavy (non-hydrogen) atoms. The van der Waals surface area contributed by atoms with Gasteiger partial charge in [0.2, 0.25) is 0 Å². The van der Waals surface area contributed by atoms with E-state index in [4.69, 9.17) is 0 Å². The van der Waals surface area contributed by atoms with Crippen LogP contribution in [0, 0.1) is 30.6 Å². The van der Waals surface area contributed by atoms with Crippen molar-refractivity contribution < 1.29 is 9.00 Å². The van der Waals surface area contributed by atoms with Crippen LogP contribution in [-0.2, 0) is 15.6 Å². The van der Waals surface area contributed by atoms with Crippen molar-refractivity contribution in [2.75, 3.05) is 0 Å². The average Bonchev–Trinajstić information content (AvgIpc) is 3.07. The molecule has 3 rings (SSSR count). The lowest BCUT2D eigenvalue weighted by Gasteiger charge is -2.27. The molecule has 2 bridgehead atoms. The molecule has 1 aromatic rings. The summed E-state index contributed by atoms with van der Waals surface area (Å²) >= 11 is 0. The first-order valence-corrected chi connectivity index (χ1v) is 8.89. The van der Waals surface area contributed by atoms with E-state index in [-0.39, 0.29) is 22.9 Å².